The lowest BCUT2D eigenvalue weighted by Crippen LogP contribution is -2.30. The van der Waals surface area contributed by atoms with E-state index in [1.807, 2.05) is 6.92 Å². The minimum Gasteiger partial charge on any atom is -0.325 e. The quantitative estimate of drug-likeness (QED) is 0.0658. The maximum absolute atomic E-state index is 13.5. The number of carbonyl (C=O) groups excluding carboxylic acids is 3. The number of hydrogen-bond acceptors (Lipinski definition) is 6. The number of amides is 3. The van der Waals surface area contributed by atoms with Gasteiger partial charge in [0.2, 0.25) is 5.91 Å². The van der Waals surface area contributed by atoms with E-state index >= 15 is 0 Å². The lowest BCUT2D eigenvalue weighted by atomic mass is 10.1. The van der Waals surface area contributed by atoms with E-state index < -0.39 is 22.0 Å². The van der Waals surface area contributed by atoms with Crippen molar-refractivity contribution in [3.63, 3.8) is 0 Å². The number of nitrogens with one attached hydrogen (secondary N) is 3. The van der Waals surface area contributed by atoms with Gasteiger partial charge in [0.05, 0.1) is 25.8 Å². The van der Waals surface area contributed by atoms with Crippen molar-refractivity contribution in [3.8, 4) is 0 Å². The molecule has 0 aliphatic heterocycles. The summed E-state index contributed by atoms with van der Waals surface area (Å²) < 4.78 is 0. The first-order chi connectivity index (χ1) is 21.1. The van der Waals surface area contributed by atoms with Crippen LogP contribution in [0.1, 0.15) is 29.3 Å². The SMILES string of the molecule is CCC(Sc1cccc(NC(=O)/C(=C\c2ccccc2[N+](=O)[O-])NC(=O)c2ccccc2)c1)C(=O)Nc1ccc(Cl)c(Cl)c1. The molecule has 44 heavy (non-hydrogen) atoms. The second-order valence-corrected chi connectivity index (χ2v) is 11.4. The van der Waals surface area contributed by atoms with E-state index in [0.29, 0.717) is 38.3 Å². The number of benzene rings is 4. The van der Waals surface area contributed by atoms with Crippen LogP contribution in [0, 0.1) is 10.1 Å². The topological polar surface area (TPSA) is 130 Å². The second-order valence-electron chi connectivity index (χ2n) is 9.31. The molecule has 9 nitrogen and oxygen atoms in total. The first-order valence-corrected chi connectivity index (χ1v) is 14.9. The Hall–Kier alpha value is -4.64. The van der Waals surface area contributed by atoms with Gasteiger partial charge in [-0.05, 0) is 67.1 Å². The summed E-state index contributed by atoms with van der Waals surface area (Å²) >= 11 is 13.3. The molecule has 0 radical (unpaired) electrons. The molecule has 224 valence electrons. The molecule has 1 unspecified atom stereocenters. The molecule has 4 rings (SSSR count). The zero-order chi connectivity index (χ0) is 31.6. The summed E-state index contributed by atoms with van der Waals surface area (Å²) in [7, 11) is 0. The van der Waals surface area contributed by atoms with Crippen molar-refractivity contribution in [2.24, 2.45) is 0 Å². The van der Waals surface area contributed by atoms with E-state index in [0.717, 1.165) is 0 Å². The fourth-order valence-corrected chi connectivity index (χ4v) is 5.31. The van der Waals surface area contributed by atoms with Crippen LogP contribution in [0.3, 0.4) is 0 Å². The Balaban J connectivity index is 1.54. The van der Waals surface area contributed by atoms with Gasteiger partial charge in [0.25, 0.3) is 17.5 Å². The van der Waals surface area contributed by atoms with Crippen molar-refractivity contribution in [2.45, 2.75) is 23.5 Å². The number of carbonyl (C=O) groups is 3. The molecule has 0 aliphatic rings. The number of nitro groups is 1. The van der Waals surface area contributed by atoms with Crippen molar-refractivity contribution in [1.29, 1.82) is 0 Å². The molecule has 0 heterocycles. The molecular weight excluding hydrogens is 623 g/mol. The van der Waals surface area contributed by atoms with Crippen LogP contribution in [-0.4, -0.2) is 27.9 Å². The number of halogens is 2. The van der Waals surface area contributed by atoms with E-state index in [1.165, 1.54) is 36.0 Å². The Labute approximate surface area is 267 Å². The summed E-state index contributed by atoms with van der Waals surface area (Å²) in [5.74, 6) is -1.49. The minimum atomic E-state index is -0.695. The van der Waals surface area contributed by atoms with Crippen molar-refractivity contribution < 1.29 is 19.3 Å². The predicted molar refractivity (Wildman–Crippen MR) is 175 cm³/mol. The van der Waals surface area contributed by atoms with E-state index in [4.69, 9.17) is 23.2 Å². The highest BCUT2D eigenvalue weighted by atomic mass is 35.5. The number of nitro benzene ring substituents is 1. The van der Waals surface area contributed by atoms with E-state index in [9.17, 15) is 24.5 Å². The fourth-order valence-electron chi connectivity index (χ4n) is 4.00. The molecule has 0 fully saturated rings. The Bertz CT molecular complexity index is 1730. The molecule has 1 atom stereocenters. The van der Waals surface area contributed by atoms with Gasteiger partial charge in [0.15, 0.2) is 0 Å². The number of rotatable bonds is 11. The number of nitrogens with zero attached hydrogens (tertiary/aromatic N) is 1. The Morgan fingerprint density at radius 1 is 0.864 bits per heavy atom. The monoisotopic (exact) mass is 648 g/mol. The molecule has 3 amide bonds. The summed E-state index contributed by atoms with van der Waals surface area (Å²) in [6, 6.07) is 25.9. The molecule has 12 heteroatoms. The van der Waals surface area contributed by atoms with Crippen LogP contribution in [0.25, 0.3) is 6.08 Å². The smallest absolute Gasteiger partial charge is 0.276 e. The lowest BCUT2D eigenvalue weighted by molar-refractivity contribution is -0.385. The highest BCUT2D eigenvalue weighted by Gasteiger charge is 2.21. The third kappa shape index (κ3) is 8.70. The molecule has 0 bridgehead atoms. The predicted octanol–water partition coefficient (Wildman–Crippen LogP) is 7.82. The first-order valence-electron chi connectivity index (χ1n) is 13.3. The molecule has 0 saturated heterocycles. The van der Waals surface area contributed by atoms with Crippen molar-refractivity contribution in [3.05, 3.63) is 134 Å². The van der Waals surface area contributed by atoms with Gasteiger partial charge >= 0.3 is 0 Å². The van der Waals surface area contributed by atoms with E-state index in [1.54, 1.807) is 78.9 Å². The highest BCUT2D eigenvalue weighted by Crippen LogP contribution is 2.30. The minimum absolute atomic E-state index is 0.138. The van der Waals surface area contributed by atoms with Gasteiger partial charge in [-0.3, -0.25) is 24.5 Å². The molecule has 3 N–H and O–H groups in total. The molecule has 0 aliphatic carbocycles. The van der Waals surface area contributed by atoms with Crippen LogP contribution in [0.15, 0.2) is 108 Å². The van der Waals surface area contributed by atoms with E-state index in [2.05, 4.69) is 16.0 Å². The second kappa shape index (κ2) is 15.2. The summed E-state index contributed by atoms with van der Waals surface area (Å²) in [5.41, 5.74) is 0.923. The van der Waals surface area contributed by atoms with Crippen LogP contribution in [0.4, 0.5) is 17.1 Å². The maximum atomic E-state index is 13.5. The third-order valence-electron chi connectivity index (χ3n) is 6.18. The standard InChI is InChI=1S/C32H26Cl2N4O5S/c1-2-29(32(41)36-23-15-16-25(33)26(34)19-23)44-24-13-8-12-22(18-24)35-31(40)27(37-30(39)20-9-4-3-5-10-20)17-21-11-6-7-14-28(21)38(42)43/h3-19,29H,2H2,1H3,(H,35,40)(H,36,41)(H,37,39)/b27-17+. The molecule has 4 aromatic rings. The largest absolute Gasteiger partial charge is 0.325 e. The Kier molecular flexibility index (Phi) is 11.1. The number of anilines is 2. The lowest BCUT2D eigenvalue weighted by Gasteiger charge is -2.16. The zero-order valence-electron chi connectivity index (χ0n) is 23.3. The number of thioether (sulfide) groups is 1. The van der Waals surface area contributed by atoms with E-state index in [-0.39, 0.29) is 22.9 Å². The molecule has 0 aromatic heterocycles. The summed E-state index contributed by atoms with van der Waals surface area (Å²) in [6.45, 7) is 1.88. The Morgan fingerprint density at radius 3 is 2.27 bits per heavy atom. The van der Waals surface area contributed by atoms with Crippen LogP contribution in [-0.2, 0) is 9.59 Å². The van der Waals surface area contributed by atoms with Gasteiger partial charge < -0.3 is 16.0 Å². The average molecular weight is 650 g/mol. The molecule has 0 spiro atoms. The van der Waals surface area contributed by atoms with Gasteiger partial charge in [-0.25, -0.2) is 0 Å². The maximum Gasteiger partial charge on any atom is 0.276 e. The molecule has 0 saturated carbocycles. The summed E-state index contributed by atoms with van der Waals surface area (Å²) in [4.78, 5) is 51.1. The van der Waals surface area contributed by atoms with Crippen LogP contribution in [0.2, 0.25) is 10.0 Å². The third-order valence-corrected chi connectivity index (χ3v) is 8.28. The number of para-hydroxylation sites is 1. The summed E-state index contributed by atoms with van der Waals surface area (Å²) in [6.07, 6.45) is 1.77. The van der Waals surface area contributed by atoms with Gasteiger partial charge in [-0.15, -0.1) is 11.8 Å². The van der Waals surface area contributed by atoms with Crippen molar-refractivity contribution in [1.82, 2.24) is 5.32 Å². The fraction of sp³-hybridized carbons (Fsp3) is 0.0938. The van der Waals surface area contributed by atoms with Gasteiger partial charge in [0, 0.05) is 27.9 Å². The first kappa shape index (κ1) is 32.3. The van der Waals surface area contributed by atoms with Gasteiger partial charge in [-0.2, -0.15) is 0 Å². The molecule has 4 aromatic carbocycles. The van der Waals surface area contributed by atoms with Gasteiger partial charge in [-0.1, -0.05) is 66.5 Å². The summed E-state index contributed by atoms with van der Waals surface area (Å²) in [5, 5.41) is 20.0. The normalized spacial score (nSPS) is 11.8. The van der Waals surface area contributed by atoms with Crippen LogP contribution >= 0.6 is 35.0 Å². The highest BCUT2D eigenvalue weighted by molar-refractivity contribution is 8.00. The van der Waals surface area contributed by atoms with Crippen molar-refractivity contribution >= 4 is 75.8 Å². The number of hydrogen-bond donors (Lipinski definition) is 3. The van der Waals surface area contributed by atoms with Crippen molar-refractivity contribution in [2.75, 3.05) is 10.6 Å². The van der Waals surface area contributed by atoms with Crippen LogP contribution in [0.5, 0.6) is 0 Å². The average Bonchev–Trinajstić information content (AvgIpc) is 3.02. The Morgan fingerprint density at radius 2 is 1.57 bits per heavy atom. The van der Waals surface area contributed by atoms with Crippen LogP contribution < -0.4 is 16.0 Å². The zero-order valence-corrected chi connectivity index (χ0v) is 25.6. The molecular formula is C32H26Cl2N4O5S. The van der Waals surface area contributed by atoms with Gasteiger partial charge in [0.1, 0.15) is 5.70 Å².